The number of likely N-dealkylation sites (N-methyl/N-ethyl adjacent to an activating group) is 1. The molecule has 1 fully saturated rings. The fourth-order valence-electron chi connectivity index (χ4n) is 3.81. The quantitative estimate of drug-likeness (QED) is 0.635. The van der Waals surface area contributed by atoms with Crippen molar-refractivity contribution in [3.05, 3.63) is 78.4 Å². The van der Waals surface area contributed by atoms with E-state index in [-0.39, 0.29) is 11.8 Å². The first-order valence-electron chi connectivity index (χ1n) is 10.8. The molecule has 3 aromatic carbocycles. The summed E-state index contributed by atoms with van der Waals surface area (Å²) in [7, 11) is 2.16. The van der Waals surface area contributed by atoms with Crippen molar-refractivity contribution in [2.45, 2.75) is 6.92 Å². The third kappa shape index (κ3) is 5.34. The van der Waals surface area contributed by atoms with Crippen LogP contribution in [0.25, 0.3) is 11.1 Å². The van der Waals surface area contributed by atoms with Crippen molar-refractivity contribution in [2.75, 3.05) is 48.8 Å². The predicted molar refractivity (Wildman–Crippen MR) is 130 cm³/mol. The third-order valence-corrected chi connectivity index (χ3v) is 5.66. The lowest BCUT2D eigenvalue weighted by Gasteiger charge is -2.34. The number of rotatable bonds is 5. The van der Waals surface area contributed by atoms with E-state index >= 15 is 0 Å². The Hall–Kier alpha value is -3.64. The zero-order chi connectivity index (χ0) is 22.5. The number of nitrogens with one attached hydrogen (secondary N) is 2. The van der Waals surface area contributed by atoms with Gasteiger partial charge in [0.15, 0.2) is 0 Å². The average molecular weight is 429 g/mol. The number of hydrogen-bond donors (Lipinski definition) is 2. The first-order chi connectivity index (χ1) is 15.5. The lowest BCUT2D eigenvalue weighted by molar-refractivity contribution is -0.114. The highest BCUT2D eigenvalue weighted by Gasteiger charge is 2.14. The molecule has 1 heterocycles. The maximum atomic E-state index is 12.8. The van der Waals surface area contributed by atoms with Gasteiger partial charge in [0.25, 0.3) is 5.91 Å². The Bertz CT molecular complexity index is 1090. The van der Waals surface area contributed by atoms with E-state index in [0.717, 1.165) is 37.3 Å². The SMILES string of the molecule is CC(=O)Nc1ccc(NC(=O)c2cccc(-c3ccc(N4CCN(C)CC4)cc3)c2)cc1. The summed E-state index contributed by atoms with van der Waals surface area (Å²) in [6.45, 7) is 5.70. The van der Waals surface area contributed by atoms with Crippen molar-refractivity contribution < 1.29 is 9.59 Å². The molecule has 0 saturated carbocycles. The van der Waals surface area contributed by atoms with Crippen LogP contribution >= 0.6 is 0 Å². The fraction of sp³-hybridized carbons (Fsp3) is 0.231. The molecular formula is C26H28N4O2. The Morgan fingerprint density at radius 2 is 1.38 bits per heavy atom. The highest BCUT2D eigenvalue weighted by atomic mass is 16.2. The number of carbonyl (C=O) groups is 2. The summed E-state index contributed by atoms with van der Waals surface area (Å²) in [5.41, 5.74) is 5.28. The van der Waals surface area contributed by atoms with Gasteiger partial charge in [-0.3, -0.25) is 9.59 Å². The van der Waals surface area contributed by atoms with Gasteiger partial charge in [0.2, 0.25) is 5.91 Å². The van der Waals surface area contributed by atoms with E-state index in [4.69, 9.17) is 0 Å². The van der Waals surface area contributed by atoms with Gasteiger partial charge in [0.05, 0.1) is 0 Å². The van der Waals surface area contributed by atoms with Gasteiger partial charge >= 0.3 is 0 Å². The van der Waals surface area contributed by atoms with Gasteiger partial charge in [-0.15, -0.1) is 0 Å². The molecule has 0 bridgehead atoms. The zero-order valence-electron chi connectivity index (χ0n) is 18.5. The van der Waals surface area contributed by atoms with E-state index < -0.39 is 0 Å². The Morgan fingerprint density at radius 1 is 0.750 bits per heavy atom. The second kappa shape index (κ2) is 9.66. The molecule has 6 nitrogen and oxygen atoms in total. The van der Waals surface area contributed by atoms with Crippen LogP contribution in [-0.2, 0) is 4.79 Å². The summed E-state index contributed by atoms with van der Waals surface area (Å²) in [4.78, 5) is 28.6. The molecule has 6 heteroatoms. The highest BCUT2D eigenvalue weighted by molar-refractivity contribution is 6.05. The number of amides is 2. The molecule has 164 valence electrons. The van der Waals surface area contributed by atoms with Crippen LogP contribution in [0.4, 0.5) is 17.1 Å². The summed E-state index contributed by atoms with van der Waals surface area (Å²) in [5.74, 6) is -0.302. The molecule has 1 aliphatic rings. The van der Waals surface area contributed by atoms with E-state index in [1.54, 1.807) is 24.3 Å². The zero-order valence-corrected chi connectivity index (χ0v) is 18.5. The number of carbonyl (C=O) groups excluding carboxylic acids is 2. The lowest BCUT2D eigenvalue weighted by Crippen LogP contribution is -2.44. The van der Waals surface area contributed by atoms with E-state index in [2.05, 4.69) is 51.7 Å². The summed E-state index contributed by atoms with van der Waals surface area (Å²) in [5, 5.41) is 5.62. The molecule has 1 saturated heterocycles. The first-order valence-corrected chi connectivity index (χ1v) is 10.8. The minimum absolute atomic E-state index is 0.129. The molecule has 4 rings (SSSR count). The van der Waals surface area contributed by atoms with Crippen molar-refractivity contribution in [1.29, 1.82) is 0 Å². The van der Waals surface area contributed by atoms with Crippen molar-refractivity contribution in [1.82, 2.24) is 4.90 Å². The summed E-state index contributed by atoms with van der Waals surface area (Å²) < 4.78 is 0. The molecule has 1 aliphatic heterocycles. The molecule has 0 radical (unpaired) electrons. The monoisotopic (exact) mass is 428 g/mol. The van der Waals surface area contributed by atoms with Gasteiger partial charge < -0.3 is 20.4 Å². The molecule has 3 aromatic rings. The minimum atomic E-state index is -0.173. The van der Waals surface area contributed by atoms with Gasteiger partial charge in [0.1, 0.15) is 0 Å². The molecule has 0 aliphatic carbocycles. The van der Waals surface area contributed by atoms with Gasteiger partial charge in [0, 0.05) is 55.7 Å². The van der Waals surface area contributed by atoms with Crippen LogP contribution in [0.5, 0.6) is 0 Å². The molecule has 0 unspecified atom stereocenters. The smallest absolute Gasteiger partial charge is 0.255 e. The Balaban J connectivity index is 1.43. The number of piperazine rings is 1. The van der Waals surface area contributed by atoms with Gasteiger partial charge in [-0.25, -0.2) is 0 Å². The molecule has 0 atom stereocenters. The van der Waals surface area contributed by atoms with Crippen molar-refractivity contribution in [2.24, 2.45) is 0 Å². The maximum absolute atomic E-state index is 12.8. The highest BCUT2D eigenvalue weighted by Crippen LogP contribution is 2.25. The normalized spacial score (nSPS) is 14.1. The number of anilines is 3. The van der Waals surface area contributed by atoms with E-state index in [9.17, 15) is 9.59 Å². The summed E-state index contributed by atoms with van der Waals surface area (Å²) in [6.07, 6.45) is 0. The average Bonchev–Trinajstić information content (AvgIpc) is 2.81. The number of nitrogens with zero attached hydrogens (tertiary/aromatic N) is 2. The first kappa shape index (κ1) is 21.6. The molecule has 2 N–H and O–H groups in total. The predicted octanol–water partition coefficient (Wildman–Crippen LogP) is 4.32. The summed E-state index contributed by atoms with van der Waals surface area (Å²) in [6, 6.07) is 23.2. The van der Waals surface area contributed by atoms with Gasteiger partial charge in [-0.05, 0) is 66.7 Å². The molecule has 0 spiro atoms. The molecule has 0 aromatic heterocycles. The molecule has 2 amide bonds. The van der Waals surface area contributed by atoms with Crippen molar-refractivity contribution in [3.63, 3.8) is 0 Å². The second-order valence-electron chi connectivity index (χ2n) is 8.13. The standard InChI is InChI=1S/C26H28N4O2/c1-19(31)27-23-8-10-24(11-9-23)28-26(32)22-5-3-4-21(18-22)20-6-12-25(13-7-20)30-16-14-29(2)15-17-30/h3-13,18H,14-17H2,1-2H3,(H,27,31)(H,28,32). The van der Waals surface area contributed by atoms with Crippen LogP contribution in [0.2, 0.25) is 0 Å². The topological polar surface area (TPSA) is 64.7 Å². The van der Waals surface area contributed by atoms with Gasteiger partial charge in [-0.2, -0.15) is 0 Å². The maximum Gasteiger partial charge on any atom is 0.255 e. The number of benzene rings is 3. The lowest BCUT2D eigenvalue weighted by atomic mass is 10.0. The Labute approximate surface area is 188 Å². The number of hydrogen-bond acceptors (Lipinski definition) is 4. The Kier molecular flexibility index (Phi) is 6.52. The molecular weight excluding hydrogens is 400 g/mol. The van der Waals surface area contributed by atoms with E-state index in [1.807, 2.05) is 24.3 Å². The van der Waals surface area contributed by atoms with E-state index in [0.29, 0.717) is 16.9 Å². The minimum Gasteiger partial charge on any atom is -0.369 e. The van der Waals surface area contributed by atoms with Crippen LogP contribution in [0.1, 0.15) is 17.3 Å². The largest absolute Gasteiger partial charge is 0.369 e. The van der Waals surface area contributed by atoms with Gasteiger partial charge in [-0.1, -0.05) is 24.3 Å². The van der Waals surface area contributed by atoms with Crippen LogP contribution in [0.15, 0.2) is 72.8 Å². The van der Waals surface area contributed by atoms with Crippen LogP contribution in [0, 0.1) is 0 Å². The fourth-order valence-corrected chi connectivity index (χ4v) is 3.81. The third-order valence-electron chi connectivity index (χ3n) is 5.66. The molecule has 32 heavy (non-hydrogen) atoms. The van der Waals surface area contributed by atoms with Crippen molar-refractivity contribution >= 4 is 28.9 Å². The Morgan fingerprint density at radius 3 is 2.00 bits per heavy atom. The summed E-state index contributed by atoms with van der Waals surface area (Å²) >= 11 is 0. The van der Waals surface area contributed by atoms with Crippen LogP contribution in [-0.4, -0.2) is 49.9 Å². The van der Waals surface area contributed by atoms with E-state index in [1.165, 1.54) is 12.6 Å². The van der Waals surface area contributed by atoms with Crippen molar-refractivity contribution in [3.8, 4) is 11.1 Å². The second-order valence-corrected chi connectivity index (χ2v) is 8.13. The van der Waals surface area contributed by atoms with Crippen LogP contribution in [0.3, 0.4) is 0 Å². The van der Waals surface area contributed by atoms with Crippen LogP contribution < -0.4 is 15.5 Å².